The van der Waals surface area contributed by atoms with Gasteiger partial charge in [-0.05, 0) is 89.3 Å². The van der Waals surface area contributed by atoms with Crippen molar-refractivity contribution in [1.82, 2.24) is 15.5 Å². The molecule has 212 valence electrons. The summed E-state index contributed by atoms with van der Waals surface area (Å²) in [5.74, 6) is -0.455. The maximum Gasteiger partial charge on any atom is 0.408 e. The average Bonchev–Trinajstić information content (AvgIpc) is 2.82. The van der Waals surface area contributed by atoms with Gasteiger partial charge in [-0.2, -0.15) is 0 Å². The molecule has 7 heteroatoms. The highest BCUT2D eigenvalue weighted by Gasteiger charge is 2.44. The van der Waals surface area contributed by atoms with Crippen LogP contribution in [0.4, 0.5) is 4.79 Å². The summed E-state index contributed by atoms with van der Waals surface area (Å²) in [6.07, 6.45) is 8.18. The smallest absolute Gasteiger partial charge is 0.408 e. The molecule has 38 heavy (non-hydrogen) atoms. The molecule has 0 heterocycles. The van der Waals surface area contributed by atoms with Crippen LogP contribution >= 0.6 is 0 Å². The number of carbonyl (C=O) groups is 3. The van der Waals surface area contributed by atoms with Crippen LogP contribution in [0.3, 0.4) is 0 Å². The fourth-order valence-corrected chi connectivity index (χ4v) is 5.48. The van der Waals surface area contributed by atoms with E-state index in [9.17, 15) is 14.4 Å². The Morgan fingerprint density at radius 1 is 1.03 bits per heavy atom. The highest BCUT2D eigenvalue weighted by Crippen LogP contribution is 2.36. The van der Waals surface area contributed by atoms with Gasteiger partial charge in [-0.1, -0.05) is 57.7 Å². The van der Waals surface area contributed by atoms with Crippen LogP contribution in [0.25, 0.3) is 0 Å². The molecule has 1 aromatic carbocycles. The molecule has 7 nitrogen and oxygen atoms in total. The number of rotatable bonds is 9. The number of ether oxygens (including phenoxy) is 1. The summed E-state index contributed by atoms with van der Waals surface area (Å²) in [6, 6.07) is 4.53. The Hall–Kier alpha value is -2.57. The van der Waals surface area contributed by atoms with Crippen molar-refractivity contribution in [2.45, 2.75) is 136 Å². The first-order chi connectivity index (χ1) is 17.9. The summed E-state index contributed by atoms with van der Waals surface area (Å²) < 4.78 is 5.52. The lowest BCUT2D eigenvalue weighted by Crippen LogP contribution is -2.59. The standard InChI is InChI=1S/C31H49N3O4/c1-8-20(2)26(33-30(37)38-31(5,6)7)29(36)34(24-17-13-18-24)27(25-19-12-14-21(3)22(25)4)28(35)32-23-15-10-9-11-16-23/h12,14,19-20,23-24,26-27H,8-11,13,15-18H2,1-7H3,(H,32,35)(H,33,37). The van der Waals surface area contributed by atoms with E-state index >= 15 is 0 Å². The molecule has 3 rings (SSSR count). The molecule has 0 saturated heterocycles. The van der Waals surface area contributed by atoms with Crippen LogP contribution in [0.2, 0.25) is 0 Å². The fraction of sp³-hybridized carbons (Fsp3) is 0.710. The second-order valence-corrected chi connectivity index (χ2v) is 12.4. The van der Waals surface area contributed by atoms with Crippen molar-refractivity contribution in [3.05, 3.63) is 34.9 Å². The van der Waals surface area contributed by atoms with Crippen molar-refractivity contribution in [3.63, 3.8) is 0 Å². The fourth-order valence-electron chi connectivity index (χ4n) is 5.48. The summed E-state index contributed by atoms with van der Waals surface area (Å²) >= 11 is 0. The van der Waals surface area contributed by atoms with Crippen molar-refractivity contribution >= 4 is 17.9 Å². The largest absolute Gasteiger partial charge is 0.444 e. The van der Waals surface area contributed by atoms with Crippen molar-refractivity contribution in [3.8, 4) is 0 Å². The van der Waals surface area contributed by atoms with E-state index in [1.54, 1.807) is 25.7 Å². The van der Waals surface area contributed by atoms with E-state index in [1.165, 1.54) is 6.42 Å². The summed E-state index contributed by atoms with van der Waals surface area (Å²) in [4.78, 5) is 43.2. The Morgan fingerprint density at radius 3 is 2.24 bits per heavy atom. The van der Waals surface area contributed by atoms with Crippen molar-refractivity contribution in [2.24, 2.45) is 5.92 Å². The quantitative estimate of drug-likeness (QED) is 0.405. The number of hydrogen-bond donors (Lipinski definition) is 2. The van der Waals surface area contributed by atoms with Crippen molar-refractivity contribution < 1.29 is 19.1 Å². The lowest BCUT2D eigenvalue weighted by molar-refractivity contribution is -0.148. The number of benzene rings is 1. The van der Waals surface area contributed by atoms with Crippen LogP contribution < -0.4 is 10.6 Å². The lowest BCUT2D eigenvalue weighted by Gasteiger charge is -2.45. The highest BCUT2D eigenvalue weighted by molar-refractivity contribution is 5.93. The van der Waals surface area contributed by atoms with Crippen LogP contribution in [0.1, 0.15) is 115 Å². The zero-order valence-electron chi connectivity index (χ0n) is 24.6. The predicted molar refractivity (Wildman–Crippen MR) is 151 cm³/mol. The van der Waals surface area contributed by atoms with Crippen molar-refractivity contribution in [2.75, 3.05) is 0 Å². The molecule has 2 fully saturated rings. The average molecular weight is 528 g/mol. The molecule has 2 aliphatic rings. The maximum atomic E-state index is 14.5. The predicted octanol–water partition coefficient (Wildman–Crippen LogP) is 6.11. The zero-order chi connectivity index (χ0) is 28.0. The third-order valence-electron chi connectivity index (χ3n) is 8.29. The monoisotopic (exact) mass is 527 g/mol. The van der Waals surface area contributed by atoms with Crippen LogP contribution in [0.5, 0.6) is 0 Å². The number of carbonyl (C=O) groups excluding carboxylic acids is 3. The van der Waals surface area contributed by atoms with E-state index in [2.05, 4.69) is 10.6 Å². The van der Waals surface area contributed by atoms with Crippen LogP contribution in [-0.2, 0) is 14.3 Å². The van der Waals surface area contributed by atoms with Gasteiger partial charge in [0, 0.05) is 12.1 Å². The van der Waals surface area contributed by atoms with Crippen molar-refractivity contribution in [1.29, 1.82) is 0 Å². The molecule has 0 aromatic heterocycles. The molecule has 1 aromatic rings. The number of nitrogens with zero attached hydrogens (tertiary/aromatic N) is 1. The van der Waals surface area contributed by atoms with Gasteiger partial charge in [-0.25, -0.2) is 4.79 Å². The second-order valence-electron chi connectivity index (χ2n) is 12.4. The molecule has 0 spiro atoms. The molecule has 3 amide bonds. The lowest BCUT2D eigenvalue weighted by atomic mass is 9.85. The summed E-state index contributed by atoms with van der Waals surface area (Å²) in [5.41, 5.74) is 2.29. The molecule has 0 radical (unpaired) electrons. The SMILES string of the molecule is CCC(C)C(NC(=O)OC(C)(C)C)C(=O)N(C1CCC1)C(C(=O)NC1CCCCC1)c1cccc(C)c1C. The van der Waals surface area contributed by atoms with E-state index < -0.39 is 23.8 Å². The Kier molecular flexibility index (Phi) is 10.2. The molecule has 2 N–H and O–H groups in total. The van der Waals surface area contributed by atoms with Crippen LogP contribution in [0, 0.1) is 19.8 Å². The Balaban J connectivity index is 2.02. The molecule has 0 aliphatic heterocycles. The van der Waals surface area contributed by atoms with Gasteiger partial charge in [0.05, 0.1) is 0 Å². The summed E-state index contributed by atoms with van der Waals surface area (Å²) in [5, 5.41) is 6.19. The summed E-state index contributed by atoms with van der Waals surface area (Å²) in [7, 11) is 0. The number of amides is 3. The number of hydrogen-bond acceptors (Lipinski definition) is 4. The van der Waals surface area contributed by atoms with Gasteiger partial charge in [0.1, 0.15) is 17.7 Å². The normalized spacial score (nSPS) is 19.0. The van der Waals surface area contributed by atoms with E-state index in [1.807, 2.05) is 45.9 Å². The van der Waals surface area contributed by atoms with E-state index in [0.29, 0.717) is 6.42 Å². The Labute approximate surface area is 229 Å². The maximum absolute atomic E-state index is 14.5. The first kappa shape index (κ1) is 30.0. The molecular weight excluding hydrogens is 478 g/mol. The molecule has 0 bridgehead atoms. The van der Waals surface area contributed by atoms with Gasteiger partial charge in [0.25, 0.3) is 0 Å². The van der Waals surface area contributed by atoms with Gasteiger partial charge in [-0.15, -0.1) is 0 Å². The highest BCUT2D eigenvalue weighted by atomic mass is 16.6. The van der Waals surface area contributed by atoms with Crippen LogP contribution in [-0.4, -0.2) is 46.5 Å². The first-order valence-corrected chi connectivity index (χ1v) is 14.6. The van der Waals surface area contributed by atoms with E-state index in [4.69, 9.17) is 4.74 Å². The second kappa shape index (κ2) is 13.0. The van der Waals surface area contributed by atoms with Gasteiger partial charge in [-0.3, -0.25) is 9.59 Å². The molecular formula is C31H49N3O4. The van der Waals surface area contributed by atoms with Crippen LogP contribution in [0.15, 0.2) is 18.2 Å². The molecule has 3 atom stereocenters. The zero-order valence-corrected chi connectivity index (χ0v) is 24.6. The Morgan fingerprint density at radius 2 is 1.68 bits per heavy atom. The van der Waals surface area contributed by atoms with E-state index in [0.717, 1.165) is 61.6 Å². The topological polar surface area (TPSA) is 87.7 Å². The van der Waals surface area contributed by atoms with Gasteiger partial charge in [0.15, 0.2) is 0 Å². The Bertz CT molecular complexity index is 976. The third-order valence-corrected chi connectivity index (χ3v) is 8.29. The molecule has 2 saturated carbocycles. The van der Waals surface area contributed by atoms with Gasteiger partial charge < -0.3 is 20.3 Å². The minimum Gasteiger partial charge on any atom is -0.444 e. The molecule has 3 unspecified atom stereocenters. The van der Waals surface area contributed by atoms with Gasteiger partial charge in [0.2, 0.25) is 11.8 Å². The molecule has 2 aliphatic carbocycles. The number of alkyl carbamates (subject to hydrolysis) is 1. The minimum absolute atomic E-state index is 0.0449. The first-order valence-electron chi connectivity index (χ1n) is 14.6. The van der Waals surface area contributed by atoms with Gasteiger partial charge >= 0.3 is 6.09 Å². The number of aryl methyl sites for hydroxylation is 1. The number of nitrogens with one attached hydrogen (secondary N) is 2. The summed E-state index contributed by atoms with van der Waals surface area (Å²) in [6.45, 7) is 13.5. The van der Waals surface area contributed by atoms with E-state index in [-0.39, 0.29) is 29.8 Å². The minimum atomic E-state index is -0.787. The third kappa shape index (κ3) is 7.51.